The fourth-order valence-corrected chi connectivity index (χ4v) is 22.9. The number of nitrogens with one attached hydrogen (secondary N) is 5. The second kappa shape index (κ2) is 36.6. The summed E-state index contributed by atoms with van der Waals surface area (Å²) in [6.07, 6.45) is 29.9. The molecule has 0 unspecified atom stereocenters. The van der Waals surface area contributed by atoms with Gasteiger partial charge in [0.1, 0.15) is 79.6 Å². The maximum absolute atomic E-state index is 14.2. The molecule has 0 atom stereocenters. The summed E-state index contributed by atoms with van der Waals surface area (Å²) in [6.45, 7) is 26.1. The van der Waals surface area contributed by atoms with Crippen LogP contribution in [0.25, 0.3) is 60.8 Å². The highest BCUT2D eigenvalue weighted by atomic mass is 19.1. The fraction of sp³-hybridized carbons (Fsp3) is 0.311. The van der Waals surface area contributed by atoms with Crippen LogP contribution in [-0.4, -0.2) is 112 Å². The molecule has 710 valence electrons. The van der Waals surface area contributed by atoms with Gasteiger partial charge in [-0.05, 0) is 210 Å². The van der Waals surface area contributed by atoms with Crippen LogP contribution in [0.1, 0.15) is 236 Å². The van der Waals surface area contributed by atoms with E-state index in [2.05, 4.69) is 297 Å². The fourth-order valence-electron chi connectivity index (χ4n) is 22.9. The van der Waals surface area contributed by atoms with Crippen LogP contribution in [0.4, 0.5) is 29.7 Å². The number of piperidine rings is 1. The molecule has 5 N–H and O–H groups in total. The summed E-state index contributed by atoms with van der Waals surface area (Å²) < 4.78 is 66.8. The quantitative estimate of drug-likeness (QED) is 0.112. The van der Waals surface area contributed by atoms with Gasteiger partial charge in [-0.1, -0.05) is 336 Å². The van der Waals surface area contributed by atoms with Crippen LogP contribution in [0, 0.1) is 30.9 Å². The van der Waals surface area contributed by atoms with Gasteiger partial charge in [-0.15, -0.1) is 0 Å². The lowest BCUT2D eigenvalue weighted by Crippen LogP contribution is -2.52. The molecule has 1 saturated carbocycles. The van der Waals surface area contributed by atoms with Gasteiger partial charge in [-0.25, -0.2) is 18.4 Å². The number of nitrogens with zero attached hydrogens (tertiary/aromatic N) is 4. The average molecular weight is 1860 g/mol. The number of rotatable bonds is 3. The minimum absolute atomic E-state index is 0.0130. The van der Waals surface area contributed by atoms with Gasteiger partial charge in [-0.2, -0.15) is 0 Å². The lowest BCUT2D eigenvalue weighted by molar-refractivity contribution is -0.145. The predicted octanol–water partition coefficient (Wildman–Crippen LogP) is 24.6. The molecule has 0 radical (unpaired) electrons. The molecule has 24 rings (SSSR count). The van der Waals surface area contributed by atoms with Crippen LogP contribution in [0.15, 0.2) is 265 Å². The smallest absolute Gasteiger partial charge is 0.324 e. The normalized spacial score (nSPS) is 19.8. The van der Waals surface area contributed by atoms with E-state index in [9.17, 15) is 23.2 Å². The van der Waals surface area contributed by atoms with Gasteiger partial charge < -0.3 is 43.7 Å². The van der Waals surface area contributed by atoms with Crippen molar-refractivity contribution >= 4 is 90.1 Å². The number of carbonyl (C=O) groups is 3. The van der Waals surface area contributed by atoms with Crippen molar-refractivity contribution < 1.29 is 51.4 Å². The Morgan fingerprint density at radius 3 is 0.978 bits per heavy atom. The van der Waals surface area contributed by atoms with E-state index in [1.807, 2.05) is 112 Å². The second-order valence-corrected chi connectivity index (χ2v) is 41.2. The highest BCUT2D eigenvalue weighted by Crippen LogP contribution is 2.56. The van der Waals surface area contributed by atoms with Crippen molar-refractivity contribution in [1.29, 1.82) is 0 Å². The van der Waals surface area contributed by atoms with E-state index in [1.54, 1.807) is 16.7 Å². The van der Waals surface area contributed by atoms with Crippen molar-refractivity contribution in [2.75, 3.05) is 56.4 Å². The summed E-state index contributed by atoms with van der Waals surface area (Å²) in [6, 6.07) is 86.2. The van der Waals surface area contributed by atoms with Crippen LogP contribution < -0.4 is 26.6 Å². The molecular formula is C119H121F2N9O9. The third-order valence-electron chi connectivity index (χ3n) is 29.5. The molecule has 6 aliphatic heterocycles. The zero-order valence-electron chi connectivity index (χ0n) is 80.9. The number of hydrogen-bond acceptors (Lipinski definition) is 13. The summed E-state index contributed by atoms with van der Waals surface area (Å²) in [7, 11) is 0. The Morgan fingerprint density at radius 2 is 0.676 bits per heavy atom. The number of urea groups is 2. The molecule has 20 heteroatoms. The molecule has 1 aromatic heterocycles. The number of benzene rings is 11. The molecule has 5 amide bonds. The van der Waals surface area contributed by atoms with Gasteiger partial charge in [0.05, 0.1) is 18.8 Å². The van der Waals surface area contributed by atoms with Crippen LogP contribution in [0.3, 0.4) is 0 Å². The second-order valence-electron chi connectivity index (χ2n) is 41.2. The van der Waals surface area contributed by atoms with Gasteiger partial charge in [-0.3, -0.25) is 30.5 Å². The van der Waals surface area contributed by atoms with Crippen molar-refractivity contribution in [3.8, 4) is 0 Å². The number of halogens is 2. The van der Waals surface area contributed by atoms with Crippen LogP contribution in [-0.2, 0) is 56.5 Å². The Kier molecular flexibility index (Phi) is 24.6. The highest BCUT2D eigenvalue weighted by molar-refractivity contribution is 5.93. The third-order valence-corrected chi connectivity index (χ3v) is 29.5. The van der Waals surface area contributed by atoms with E-state index >= 15 is 0 Å². The van der Waals surface area contributed by atoms with Crippen molar-refractivity contribution in [3.05, 3.63) is 395 Å². The number of aryl methyl sites for hydroxylation is 2. The predicted molar refractivity (Wildman–Crippen MR) is 547 cm³/mol. The summed E-state index contributed by atoms with van der Waals surface area (Å²) in [5.41, 5.74) is 18.6. The number of aromatic nitrogens is 1. The van der Waals surface area contributed by atoms with Crippen LogP contribution >= 0.6 is 0 Å². The molecule has 7 fully saturated rings. The molecule has 139 heavy (non-hydrogen) atoms. The van der Waals surface area contributed by atoms with Crippen molar-refractivity contribution in [2.45, 2.75) is 184 Å². The SMILES string of the molecule is C1=Cc2ccccc2C2(CNC3(CCCCC3)O2)c2ccccc21.CC(C)(C)CC(=O)N1CCC2(CC1)NCC1(O2)c2ccccc2C=Cc2ccccc21.CC1(C)NCC2(O1)c1ccccc1C=Cc1ccccc12.CC1(C)OC2(CN1C(=O)Nc1ccc(F)cc1F)c1ccccc1C=Cc1ccccc12.Cc1noc(C)c1NC(=O)N1CC2(OC1(C)C)c1ccccc1C=Cc1ccccc12. The summed E-state index contributed by atoms with van der Waals surface area (Å²) in [5, 5.41) is 20.6. The van der Waals surface area contributed by atoms with Gasteiger partial charge in [0.2, 0.25) is 5.91 Å². The number of fused-ring (bicyclic) bond motifs is 20. The van der Waals surface area contributed by atoms with Crippen LogP contribution in [0.5, 0.6) is 0 Å². The minimum Gasteiger partial charge on any atom is -0.359 e. The molecular weight excluding hydrogens is 1740 g/mol. The molecule has 12 aromatic rings. The molecule has 7 spiro atoms. The number of carbonyl (C=O) groups excluding carboxylic acids is 3. The Bertz CT molecular complexity index is 6630. The van der Waals surface area contributed by atoms with Gasteiger partial charge in [0, 0.05) is 58.1 Å². The van der Waals surface area contributed by atoms with Crippen LogP contribution in [0.2, 0.25) is 0 Å². The zero-order valence-corrected chi connectivity index (χ0v) is 80.9. The summed E-state index contributed by atoms with van der Waals surface area (Å²) in [4.78, 5) is 44.7. The standard InChI is InChI=1S/C27H32N2O2.C26H22F2N2O2.C25H25N3O3.C22H23NO.C19H19NO/c1-25(2,3)18-24(30)29-16-14-26(15-17-29)28-19-27(31-26)22-10-6-4-8-20(22)12-13-21-9-5-7-11-23(21)27;1-25(2)30(24(31)29-23-14-13-19(27)15-22(23)28)16-26(32-25)20-9-5-3-7-17(20)11-12-18-8-4-6-10-21(18)26;1-16-22(17(2)30-27-16)26-23(29)28-15-25(31-24(28,3)4)20-11-7-5-9-18(20)13-14-19-10-6-8-12-21(19)25;1-6-14-21(15-7-1)23-16-22(24-21)19-10-4-2-8-17(19)12-13-18-9-3-5-11-20(18)22;1-18(2)20-13-19(21-18)16-9-5-3-7-14(16)11-12-15-8-4-6-10-17(15)19/h4-13,28H,14-19H2,1-3H3;3-15H,16H2,1-2H3,(H,29,31);5-14H,15H2,1-4H3,(H,26,29);2-5,8-13,23H,1,6-7,14-16H2;3-12,20H,13H2,1-2H3. The number of anilines is 2. The van der Waals surface area contributed by atoms with E-state index in [-0.39, 0.29) is 46.6 Å². The summed E-state index contributed by atoms with van der Waals surface area (Å²) in [5.74, 6) is -0.707. The van der Waals surface area contributed by atoms with Crippen molar-refractivity contribution in [1.82, 2.24) is 35.8 Å². The largest absolute Gasteiger partial charge is 0.359 e. The summed E-state index contributed by atoms with van der Waals surface area (Å²) >= 11 is 0. The molecule has 12 aliphatic rings. The van der Waals surface area contributed by atoms with Gasteiger partial charge in [0.25, 0.3) is 0 Å². The number of amides is 5. The van der Waals surface area contributed by atoms with E-state index < -0.39 is 57.2 Å². The number of ether oxygens (including phenoxy) is 5. The van der Waals surface area contributed by atoms with Gasteiger partial charge in [0.15, 0.2) is 5.76 Å². The zero-order chi connectivity index (χ0) is 96.5. The number of hydrogen-bond donors (Lipinski definition) is 5. The lowest BCUT2D eigenvalue weighted by atomic mass is 9.83. The first-order valence-electron chi connectivity index (χ1n) is 48.8. The Labute approximate surface area is 813 Å². The monoisotopic (exact) mass is 1860 g/mol. The topological polar surface area (TPSA) is 193 Å². The van der Waals surface area contributed by atoms with Crippen molar-refractivity contribution in [3.63, 3.8) is 0 Å². The molecule has 18 nitrogen and oxygen atoms in total. The Morgan fingerprint density at radius 1 is 0.374 bits per heavy atom. The average Bonchev–Trinajstić information content (AvgIpc) is 1.54. The van der Waals surface area contributed by atoms with E-state index in [1.165, 1.54) is 92.1 Å². The maximum atomic E-state index is 14.2. The number of likely N-dealkylation sites (tertiary alicyclic amines) is 1. The molecule has 7 heterocycles. The molecule has 0 bridgehead atoms. The first-order chi connectivity index (χ1) is 66.8. The molecule has 6 aliphatic carbocycles. The molecule has 11 aromatic carbocycles. The lowest BCUT2D eigenvalue weighted by Gasteiger charge is -2.41. The Balaban J connectivity index is 0.000000108. The minimum atomic E-state index is -0.995. The highest BCUT2D eigenvalue weighted by Gasteiger charge is 2.60. The first kappa shape index (κ1) is 93.5. The van der Waals surface area contributed by atoms with E-state index in [0.29, 0.717) is 30.1 Å². The Hall–Kier alpha value is -13.1. The third kappa shape index (κ3) is 17.5. The van der Waals surface area contributed by atoms with E-state index in [4.69, 9.17) is 28.2 Å². The van der Waals surface area contributed by atoms with E-state index in [0.717, 1.165) is 115 Å². The molecule has 6 saturated heterocycles. The van der Waals surface area contributed by atoms with Crippen molar-refractivity contribution in [2.24, 2.45) is 5.41 Å². The maximum Gasteiger partial charge on any atom is 0.324 e. The van der Waals surface area contributed by atoms with Gasteiger partial charge >= 0.3 is 12.1 Å². The first-order valence-corrected chi connectivity index (χ1v) is 48.8.